The molecule has 0 atom stereocenters. The highest BCUT2D eigenvalue weighted by atomic mass is 35.5. The molecule has 0 unspecified atom stereocenters. The van der Waals surface area contributed by atoms with Gasteiger partial charge in [0, 0.05) is 76.3 Å². The maximum atomic E-state index is 12.9. The van der Waals surface area contributed by atoms with E-state index >= 15 is 0 Å². The van der Waals surface area contributed by atoms with E-state index in [4.69, 9.17) is 27.0 Å². The van der Waals surface area contributed by atoms with Crippen LogP contribution in [0.15, 0.2) is 248 Å². The summed E-state index contributed by atoms with van der Waals surface area (Å²) < 4.78 is 27.0. The summed E-state index contributed by atoms with van der Waals surface area (Å²) in [6.45, 7) is 16.7. The van der Waals surface area contributed by atoms with Gasteiger partial charge in [0.15, 0.2) is 22.8 Å². The van der Waals surface area contributed by atoms with Gasteiger partial charge in [-0.15, -0.1) is 20.4 Å². The number of carbonyl (C=O) groups excluding carboxylic acids is 4. The summed E-state index contributed by atoms with van der Waals surface area (Å²) >= 11 is 6.23. The number of carboxylic acids is 2. The number of aromatic carboxylic acids is 2. The van der Waals surface area contributed by atoms with Crippen molar-refractivity contribution in [2.75, 3.05) is 92.6 Å². The Hall–Kier alpha value is -12.8. The average Bonchev–Trinajstić information content (AvgIpc) is 1.83. The quantitative estimate of drug-likeness (QED) is 0.0220. The molecule has 0 aliphatic carbocycles. The number of nitrogens with two attached hydrogens (primary N) is 1. The number of likely N-dealkylation sites (tertiary alicyclic amines) is 4. The highest BCUT2D eigenvalue weighted by Gasteiger charge is 2.33. The number of sulfonamides is 1. The topological polar surface area (TPSA) is 375 Å². The second-order valence-electron chi connectivity index (χ2n) is 34.0. The Labute approximate surface area is 756 Å². The number of amides is 4. The van der Waals surface area contributed by atoms with E-state index in [1.165, 1.54) is 56.4 Å². The van der Waals surface area contributed by atoms with Crippen LogP contribution in [0.4, 0.5) is 0 Å². The van der Waals surface area contributed by atoms with Crippen LogP contribution in [0.3, 0.4) is 0 Å². The Morgan fingerprint density at radius 2 is 0.791 bits per heavy atom. The fourth-order valence-electron chi connectivity index (χ4n) is 16.3. The Kier molecular flexibility index (Phi) is 33.6. The van der Waals surface area contributed by atoms with Crippen molar-refractivity contribution in [1.29, 1.82) is 0 Å². The first-order chi connectivity index (χ1) is 62.4. The van der Waals surface area contributed by atoms with E-state index in [0.29, 0.717) is 80.2 Å². The lowest BCUT2D eigenvalue weighted by atomic mass is 9.94. The van der Waals surface area contributed by atoms with E-state index in [1.807, 2.05) is 49.5 Å². The number of halogens is 1. The van der Waals surface area contributed by atoms with E-state index in [-0.39, 0.29) is 56.7 Å². The van der Waals surface area contributed by atoms with Gasteiger partial charge in [0.25, 0.3) is 23.6 Å². The predicted molar refractivity (Wildman–Crippen MR) is 489 cm³/mol. The molecule has 7 N–H and O–H groups in total. The lowest BCUT2D eigenvalue weighted by Crippen LogP contribution is -2.50. The van der Waals surface area contributed by atoms with Crippen molar-refractivity contribution in [3.63, 3.8) is 0 Å². The zero-order valence-electron chi connectivity index (χ0n) is 72.8. The molecule has 8 heterocycles. The van der Waals surface area contributed by atoms with Crippen molar-refractivity contribution >= 4 is 57.2 Å². The van der Waals surface area contributed by atoms with Gasteiger partial charge in [0.1, 0.15) is 6.54 Å². The van der Waals surface area contributed by atoms with Gasteiger partial charge in [0.05, 0.1) is 87.1 Å². The maximum Gasteiger partial charge on any atom is 0.335 e. The second-order valence-corrected chi connectivity index (χ2v) is 36.0. The number of rotatable bonds is 31. The fraction of sp³-hybridized carbons (Fsp3) is 0.354. The first-order valence-electron chi connectivity index (χ1n) is 43.8. The summed E-state index contributed by atoms with van der Waals surface area (Å²) in [5.74, 6) is -0.777. The number of nitrogens with one attached hydrogen (secondary N) is 3. The van der Waals surface area contributed by atoms with Crippen LogP contribution < -0.4 is 21.1 Å². The maximum absolute atomic E-state index is 12.9. The van der Waals surface area contributed by atoms with E-state index in [1.54, 1.807) is 87.3 Å². The Balaban J connectivity index is 0.000000147. The van der Waals surface area contributed by atoms with Crippen molar-refractivity contribution < 1.29 is 51.9 Å². The molecule has 0 bridgehead atoms. The third-order valence-corrected chi connectivity index (χ3v) is 25.3. The third kappa shape index (κ3) is 29.4. The van der Waals surface area contributed by atoms with Gasteiger partial charge in [-0.05, 0) is 183 Å². The van der Waals surface area contributed by atoms with Crippen LogP contribution in [0.1, 0.15) is 159 Å². The van der Waals surface area contributed by atoms with Crippen LogP contribution in [0.25, 0.3) is 0 Å². The normalized spacial score (nSPS) is 16.5. The number of aromatic nitrogens is 12. The lowest BCUT2D eigenvalue weighted by molar-refractivity contribution is -0.928. The minimum Gasteiger partial charge on any atom is -0.478 e. The number of carboxylic acid groups (broad SMARTS) is 2. The highest BCUT2D eigenvalue weighted by Crippen LogP contribution is 2.28. The number of benzene rings is 8. The number of carbonyl (C=O) groups is 6. The molecule has 0 spiro atoms. The summed E-state index contributed by atoms with van der Waals surface area (Å²) in [5, 5.41) is 65.7. The largest absolute Gasteiger partial charge is 0.478 e. The van der Waals surface area contributed by atoms with Gasteiger partial charge < -0.3 is 35.5 Å². The van der Waals surface area contributed by atoms with Gasteiger partial charge in [-0.3, -0.25) is 33.9 Å². The van der Waals surface area contributed by atoms with Crippen molar-refractivity contribution in [3.8, 4) is 0 Å². The van der Waals surface area contributed by atoms with Crippen molar-refractivity contribution in [2.45, 2.75) is 109 Å². The molecule has 16 rings (SSSR count). The number of hydrogen-bond donors (Lipinski definition) is 6. The average molecular weight is 1790 g/mol. The van der Waals surface area contributed by atoms with Crippen LogP contribution >= 0.6 is 11.6 Å². The molecule has 4 fully saturated rings. The summed E-state index contributed by atoms with van der Waals surface area (Å²) in [7, 11) is 0.479. The number of nitrogens with zero attached hydrogens (tertiary/aromatic N) is 17. The molecule has 8 aromatic carbocycles. The van der Waals surface area contributed by atoms with Crippen LogP contribution in [0.5, 0.6) is 0 Å². The van der Waals surface area contributed by atoms with Crippen LogP contribution in [0.2, 0.25) is 5.02 Å². The number of hydrogen-bond acceptors (Lipinski definition) is 19. The minimum atomic E-state index is -3.73. The Bertz CT molecular complexity index is 5530. The van der Waals surface area contributed by atoms with Gasteiger partial charge >= 0.3 is 11.9 Å². The minimum absolute atomic E-state index is 0.0469. The molecule has 4 aliphatic heterocycles. The molecule has 4 aromatic heterocycles. The van der Waals surface area contributed by atoms with Gasteiger partial charge in [-0.1, -0.05) is 198 Å². The molecule has 31 nitrogen and oxygen atoms in total. The molecule has 0 radical (unpaired) electrons. The van der Waals surface area contributed by atoms with Crippen LogP contribution in [-0.2, 0) is 62.4 Å². The third-order valence-electron chi connectivity index (χ3n) is 24.0. The standard InChI is InChI=1S/C25H31ClN5O.2C24H27N5O3.C23H28N6O3S/c1-29(16-20-12-14-31(2,15-13-20)19-21-8-4-3-5-9-21)25(32)24-18-30(28-27-24)17-22-10-6-7-11-23(22)26;30-23(22-15-26-29(27-22)17-20-6-8-21(9-7-20)24(31)32)25-14-18-10-12-28(13-11-18)16-19-4-2-1-3-5-19;30-23(22-17-29(27-26-22)16-20-6-8-21(9-7-20)24(31)32)25-14-18-10-12-28(13-11-18)15-19-4-2-1-3-5-19;24-33(31,32)21-8-6-20(7-9-21)17-29-26-15-22(27-29)23(30)25-14-18-10-12-28(13-11-18)16-19-4-2-1-3-5-19/h3-11,18,20H,12-17,19H2,1-2H3;1-9,15,18H,10-14,16-17H2,(H,25,30)(H,31,32);1-9,17-18H,10-16H2,(H,25,30)(H,31,32);1-9,15,18H,10-14,16-17H2,(H,25,30)(H2,24,31,32)/q+1;;;. The first-order valence-corrected chi connectivity index (χ1v) is 45.7. The summed E-state index contributed by atoms with van der Waals surface area (Å²) in [4.78, 5) is 84.3. The zero-order valence-corrected chi connectivity index (χ0v) is 74.4. The summed E-state index contributed by atoms with van der Waals surface area (Å²) in [6, 6.07) is 69.0. The Morgan fingerprint density at radius 1 is 0.434 bits per heavy atom. The van der Waals surface area contributed by atoms with Crippen molar-refractivity contribution in [2.24, 2.45) is 28.8 Å². The molecule has 129 heavy (non-hydrogen) atoms. The van der Waals surface area contributed by atoms with E-state index < -0.39 is 22.0 Å². The lowest BCUT2D eigenvalue weighted by Gasteiger charge is -2.41. The monoisotopic (exact) mass is 1790 g/mol. The van der Waals surface area contributed by atoms with Crippen molar-refractivity contribution in [1.82, 2.24) is 95.5 Å². The van der Waals surface area contributed by atoms with Gasteiger partial charge in [0.2, 0.25) is 10.0 Å². The molecule has 12 aromatic rings. The smallest absolute Gasteiger partial charge is 0.335 e. The Morgan fingerprint density at radius 3 is 1.20 bits per heavy atom. The summed E-state index contributed by atoms with van der Waals surface area (Å²) in [5.41, 5.74) is 10.5. The molecular weight excluding hydrogens is 1670 g/mol. The van der Waals surface area contributed by atoms with E-state index in [9.17, 15) is 37.2 Å². The first kappa shape index (κ1) is 93.8. The SMILES string of the molecule is CN(CC1CC[N+](C)(Cc2ccccc2)CC1)C(=O)c1cn(Cc2ccccc2Cl)nn1.NS(=O)(=O)c1ccc(Cn2ncc(C(=O)NCC3CCN(Cc4ccccc4)CC3)n2)cc1.O=C(O)c1ccc(Cn2cc(C(=O)NCC3CCN(Cc4ccccc4)CC3)nn2)cc1.O=C(O)c1ccc(Cn2ncc(C(=O)NCC3CCN(Cc4ccccc4)CC3)n2)cc1. The van der Waals surface area contributed by atoms with Crippen molar-refractivity contribution in [3.05, 3.63) is 327 Å². The van der Waals surface area contributed by atoms with Gasteiger partial charge in [-0.2, -0.15) is 19.8 Å². The molecule has 674 valence electrons. The van der Waals surface area contributed by atoms with Crippen LogP contribution in [0, 0.1) is 23.7 Å². The molecule has 4 aliphatic rings. The molecule has 4 saturated heterocycles. The van der Waals surface area contributed by atoms with E-state index in [2.05, 4.69) is 182 Å². The molecule has 4 amide bonds. The number of piperidine rings is 4. The molecule has 33 heteroatoms. The fourth-order valence-corrected chi connectivity index (χ4v) is 17.1. The van der Waals surface area contributed by atoms with E-state index in [0.717, 1.165) is 163 Å². The zero-order chi connectivity index (χ0) is 90.5. The molecule has 0 saturated carbocycles. The molecular formula is C96H113ClN21O10S+. The van der Waals surface area contributed by atoms with Gasteiger partial charge in [-0.25, -0.2) is 32.5 Å². The predicted octanol–water partition coefficient (Wildman–Crippen LogP) is 11.1. The second kappa shape index (κ2) is 46.3. The number of primary sulfonamides is 1. The number of quaternary nitrogens is 1. The highest BCUT2D eigenvalue weighted by molar-refractivity contribution is 7.89. The summed E-state index contributed by atoms with van der Waals surface area (Å²) in [6.07, 6.45) is 14.8. The van der Waals surface area contributed by atoms with Crippen LogP contribution in [-0.4, -0.2) is 231 Å².